The lowest BCUT2D eigenvalue weighted by Gasteiger charge is -2.16. The number of ether oxygens (including phenoxy) is 1. The van der Waals surface area contributed by atoms with Gasteiger partial charge in [-0.15, -0.1) is 4.73 Å². The van der Waals surface area contributed by atoms with Crippen LogP contribution in [0.15, 0.2) is 23.0 Å². The van der Waals surface area contributed by atoms with Crippen molar-refractivity contribution in [3.8, 4) is 11.5 Å². The number of aromatic hydroxyl groups is 1. The van der Waals surface area contributed by atoms with Crippen LogP contribution in [0, 0.1) is 0 Å². The zero-order chi connectivity index (χ0) is 17.9. The molecule has 0 aliphatic heterocycles. The predicted molar refractivity (Wildman–Crippen MR) is 83.5 cm³/mol. The number of aliphatic carboxylic acids is 1. The number of carbonyl (C=O) groups is 2. The predicted octanol–water partition coefficient (Wildman–Crippen LogP) is -0.0214. The fraction of sp³-hybridized carbons (Fsp3) is 0.267. The fourth-order valence-corrected chi connectivity index (χ4v) is 2.23. The lowest BCUT2D eigenvalue weighted by molar-refractivity contribution is -0.135. The Morgan fingerprint density at radius 3 is 2.62 bits per heavy atom. The molecule has 0 aliphatic rings. The Labute approximate surface area is 136 Å². The zero-order valence-electron chi connectivity index (χ0n) is 13.0. The highest BCUT2D eigenvalue weighted by Crippen LogP contribution is 2.31. The van der Waals surface area contributed by atoms with Crippen molar-refractivity contribution in [3.63, 3.8) is 0 Å². The highest BCUT2D eigenvalue weighted by atomic mass is 16.7. The second-order valence-electron chi connectivity index (χ2n) is 4.67. The summed E-state index contributed by atoms with van der Waals surface area (Å²) in [6, 6.07) is 4.62. The lowest BCUT2D eigenvalue weighted by atomic mass is 10.1. The number of carbonyl (C=O) groups excluding carboxylic acids is 1. The molecule has 24 heavy (non-hydrogen) atoms. The number of pyridine rings is 1. The monoisotopic (exact) mass is 336 g/mol. The van der Waals surface area contributed by atoms with Crippen LogP contribution in [0.25, 0.3) is 10.9 Å². The third-order valence-corrected chi connectivity index (χ3v) is 3.20. The highest BCUT2D eigenvalue weighted by Gasteiger charge is 2.25. The van der Waals surface area contributed by atoms with Crippen LogP contribution in [-0.4, -0.2) is 47.1 Å². The number of fused-ring (bicyclic) bond motifs is 1. The second-order valence-corrected chi connectivity index (χ2v) is 4.67. The van der Waals surface area contributed by atoms with Gasteiger partial charge in [-0.1, -0.05) is 6.07 Å². The van der Waals surface area contributed by atoms with Gasteiger partial charge in [-0.05, 0) is 19.1 Å². The van der Waals surface area contributed by atoms with E-state index in [-0.39, 0.29) is 23.3 Å². The summed E-state index contributed by atoms with van der Waals surface area (Å²) in [5.74, 6) is -2.60. The van der Waals surface area contributed by atoms with Gasteiger partial charge in [0, 0.05) is 5.39 Å². The molecule has 1 aromatic carbocycles. The number of nitrogens with one attached hydrogen (secondary N) is 1. The number of methoxy groups -OCH3 is 1. The van der Waals surface area contributed by atoms with Crippen LogP contribution in [-0.2, 0) is 4.79 Å². The molecule has 2 aromatic rings. The van der Waals surface area contributed by atoms with E-state index in [0.29, 0.717) is 0 Å². The minimum absolute atomic E-state index is 0.119. The van der Waals surface area contributed by atoms with E-state index in [9.17, 15) is 19.5 Å². The summed E-state index contributed by atoms with van der Waals surface area (Å²) in [6.07, 6.45) is 0. The SMILES string of the molecule is CCOn1c(=O)c(C(=O)NCC(=O)O)c(O)c2cccc(OC)c21. The smallest absolute Gasteiger partial charge is 0.322 e. The van der Waals surface area contributed by atoms with Gasteiger partial charge >= 0.3 is 5.97 Å². The largest absolute Gasteiger partial charge is 0.506 e. The number of hydrogen-bond donors (Lipinski definition) is 3. The van der Waals surface area contributed by atoms with Gasteiger partial charge < -0.3 is 25.1 Å². The molecule has 3 N–H and O–H groups in total. The van der Waals surface area contributed by atoms with Gasteiger partial charge in [0.05, 0.1) is 7.11 Å². The van der Waals surface area contributed by atoms with Gasteiger partial charge in [-0.25, -0.2) is 0 Å². The number of hydrogen-bond acceptors (Lipinski definition) is 6. The van der Waals surface area contributed by atoms with E-state index in [1.165, 1.54) is 13.2 Å². The minimum Gasteiger partial charge on any atom is -0.506 e. The topological polar surface area (TPSA) is 127 Å². The molecule has 2 rings (SSSR count). The molecule has 0 bridgehead atoms. The molecule has 1 amide bonds. The van der Waals surface area contributed by atoms with E-state index in [4.69, 9.17) is 14.7 Å². The van der Waals surface area contributed by atoms with Crippen molar-refractivity contribution < 1.29 is 29.4 Å². The van der Waals surface area contributed by atoms with Crippen LogP contribution < -0.4 is 20.5 Å². The van der Waals surface area contributed by atoms with Gasteiger partial charge in [0.1, 0.15) is 30.2 Å². The number of aromatic nitrogens is 1. The maximum atomic E-state index is 12.6. The zero-order valence-corrected chi connectivity index (χ0v) is 13.0. The molecule has 0 saturated heterocycles. The number of carboxylic acid groups (broad SMARTS) is 1. The van der Waals surface area contributed by atoms with Crippen molar-refractivity contribution >= 4 is 22.8 Å². The van der Waals surface area contributed by atoms with Crippen LogP contribution in [0.1, 0.15) is 17.3 Å². The van der Waals surface area contributed by atoms with E-state index in [0.717, 1.165) is 4.73 Å². The van der Waals surface area contributed by atoms with Crippen molar-refractivity contribution in [1.29, 1.82) is 0 Å². The summed E-state index contributed by atoms with van der Waals surface area (Å²) >= 11 is 0. The molecular formula is C15H16N2O7. The normalized spacial score (nSPS) is 10.4. The number of benzene rings is 1. The average molecular weight is 336 g/mol. The van der Waals surface area contributed by atoms with Crippen LogP contribution in [0.2, 0.25) is 0 Å². The summed E-state index contributed by atoms with van der Waals surface area (Å²) < 4.78 is 6.03. The summed E-state index contributed by atoms with van der Waals surface area (Å²) in [6.45, 7) is 1.07. The first kappa shape index (κ1) is 17.1. The fourth-order valence-electron chi connectivity index (χ4n) is 2.23. The van der Waals surface area contributed by atoms with Gasteiger partial charge in [0.25, 0.3) is 11.5 Å². The van der Waals surface area contributed by atoms with Crippen molar-refractivity contribution in [2.45, 2.75) is 6.92 Å². The van der Waals surface area contributed by atoms with E-state index in [1.54, 1.807) is 19.1 Å². The van der Waals surface area contributed by atoms with E-state index in [1.807, 2.05) is 5.32 Å². The second kappa shape index (κ2) is 6.90. The highest BCUT2D eigenvalue weighted by molar-refractivity contribution is 6.04. The van der Waals surface area contributed by atoms with Gasteiger partial charge in [0.15, 0.2) is 5.56 Å². The first-order chi connectivity index (χ1) is 11.4. The quantitative estimate of drug-likeness (QED) is 0.676. The number of nitrogens with zero attached hydrogens (tertiary/aromatic N) is 1. The maximum Gasteiger partial charge on any atom is 0.322 e. The molecule has 0 fully saturated rings. The number of para-hydroxylation sites is 1. The Morgan fingerprint density at radius 1 is 1.33 bits per heavy atom. The summed E-state index contributed by atoms with van der Waals surface area (Å²) in [5.41, 5.74) is -1.36. The minimum atomic E-state index is -1.28. The molecule has 0 spiro atoms. The Morgan fingerprint density at radius 2 is 2.04 bits per heavy atom. The van der Waals surface area contributed by atoms with Crippen LogP contribution in [0.5, 0.6) is 11.5 Å². The molecule has 0 aliphatic carbocycles. The molecule has 9 nitrogen and oxygen atoms in total. The first-order valence-electron chi connectivity index (χ1n) is 7.00. The van der Waals surface area contributed by atoms with Crippen molar-refractivity contribution in [3.05, 3.63) is 34.1 Å². The van der Waals surface area contributed by atoms with Crippen LogP contribution >= 0.6 is 0 Å². The molecular weight excluding hydrogens is 320 g/mol. The van der Waals surface area contributed by atoms with Crippen LogP contribution in [0.4, 0.5) is 0 Å². The van der Waals surface area contributed by atoms with Crippen LogP contribution in [0.3, 0.4) is 0 Å². The molecule has 9 heteroatoms. The number of carboxylic acids is 1. The molecule has 0 unspecified atom stereocenters. The van der Waals surface area contributed by atoms with Gasteiger partial charge in [0.2, 0.25) is 0 Å². The molecule has 128 valence electrons. The Kier molecular flexibility index (Phi) is 4.93. The van der Waals surface area contributed by atoms with E-state index >= 15 is 0 Å². The lowest BCUT2D eigenvalue weighted by Crippen LogP contribution is -2.37. The third kappa shape index (κ3) is 2.96. The number of rotatable bonds is 6. The Bertz CT molecular complexity index is 857. The molecule has 1 aromatic heterocycles. The Hall–Kier alpha value is -3.23. The molecule has 1 heterocycles. The van der Waals surface area contributed by atoms with Crippen molar-refractivity contribution in [2.24, 2.45) is 0 Å². The first-order valence-corrected chi connectivity index (χ1v) is 7.00. The summed E-state index contributed by atoms with van der Waals surface area (Å²) in [4.78, 5) is 40.5. The molecule has 0 radical (unpaired) electrons. The Balaban J connectivity index is 2.76. The van der Waals surface area contributed by atoms with E-state index in [2.05, 4.69) is 0 Å². The van der Waals surface area contributed by atoms with Crippen molar-refractivity contribution in [2.75, 3.05) is 20.3 Å². The van der Waals surface area contributed by atoms with E-state index < -0.39 is 35.3 Å². The summed E-state index contributed by atoms with van der Waals surface area (Å²) in [5, 5.41) is 21.2. The third-order valence-electron chi connectivity index (χ3n) is 3.20. The standard InChI is InChI=1S/C15H16N2O7/c1-3-24-17-12-8(5-4-6-9(12)23-2)13(20)11(15(17)22)14(21)16-7-10(18)19/h4-6,20H,3,7H2,1-2H3,(H,16,21)(H,18,19). The molecule has 0 atom stereocenters. The summed E-state index contributed by atoms with van der Waals surface area (Å²) in [7, 11) is 1.39. The molecule has 0 saturated carbocycles. The van der Waals surface area contributed by atoms with Gasteiger partial charge in [-0.2, -0.15) is 0 Å². The van der Waals surface area contributed by atoms with Gasteiger partial charge in [-0.3, -0.25) is 14.4 Å². The maximum absolute atomic E-state index is 12.6. The number of amides is 1. The van der Waals surface area contributed by atoms with Crippen molar-refractivity contribution in [1.82, 2.24) is 10.0 Å². The average Bonchev–Trinajstić information content (AvgIpc) is 2.56.